The monoisotopic (exact) mass is 224 g/mol. The zero-order chi connectivity index (χ0) is 12.0. The van der Waals surface area contributed by atoms with Crippen molar-refractivity contribution in [2.24, 2.45) is 0 Å². The van der Waals surface area contributed by atoms with Gasteiger partial charge in [0.25, 0.3) is 0 Å². The SMILES string of the molecule is COC(=O)NC(Cc1ccncc1)C(=O)O. The number of rotatable bonds is 4. The summed E-state index contributed by atoms with van der Waals surface area (Å²) in [5.41, 5.74) is 0.777. The number of hydrogen-bond acceptors (Lipinski definition) is 4. The summed E-state index contributed by atoms with van der Waals surface area (Å²) < 4.78 is 4.34. The van der Waals surface area contributed by atoms with Crippen molar-refractivity contribution >= 4 is 12.1 Å². The molecule has 1 heterocycles. The minimum atomic E-state index is -1.11. The Balaban J connectivity index is 2.65. The maximum Gasteiger partial charge on any atom is 0.407 e. The van der Waals surface area contributed by atoms with Crippen LogP contribution in [0.1, 0.15) is 5.56 Å². The molecular weight excluding hydrogens is 212 g/mol. The van der Waals surface area contributed by atoms with E-state index in [1.54, 1.807) is 24.5 Å². The van der Waals surface area contributed by atoms with Crippen molar-refractivity contribution in [3.8, 4) is 0 Å². The molecule has 0 spiro atoms. The Hall–Kier alpha value is -2.11. The second-order valence-electron chi connectivity index (χ2n) is 3.09. The van der Waals surface area contributed by atoms with Crippen LogP contribution in [0.15, 0.2) is 24.5 Å². The Morgan fingerprint density at radius 2 is 2.12 bits per heavy atom. The maximum absolute atomic E-state index is 10.9. The van der Waals surface area contributed by atoms with Gasteiger partial charge in [-0.3, -0.25) is 4.98 Å². The molecule has 6 nitrogen and oxygen atoms in total. The van der Waals surface area contributed by atoms with Gasteiger partial charge in [0.05, 0.1) is 7.11 Å². The van der Waals surface area contributed by atoms with Gasteiger partial charge in [-0.05, 0) is 17.7 Å². The van der Waals surface area contributed by atoms with Crippen molar-refractivity contribution in [1.82, 2.24) is 10.3 Å². The van der Waals surface area contributed by atoms with E-state index in [2.05, 4.69) is 15.0 Å². The molecule has 6 heteroatoms. The van der Waals surface area contributed by atoms with Crippen LogP contribution in [-0.4, -0.2) is 35.3 Å². The highest BCUT2D eigenvalue weighted by atomic mass is 16.5. The number of carbonyl (C=O) groups is 2. The highest BCUT2D eigenvalue weighted by Gasteiger charge is 2.20. The summed E-state index contributed by atoms with van der Waals surface area (Å²) >= 11 is 0. The lowest BCUT2D eigenvalue weighted by Gasteiger charge is -2.13. The Labute approximate surface area is 92.3 Å². The van der Waals surface area contributed by atoms with E-state index in [4.69, 9.17) is 5.11 Å². The molecule has 0 radical (unpaired) electrons. The standard InChI is InChI=1S/C10H12N2O4/c1-16-10(15)12-8(9(13)14)6-7-2-4-11-5-3-7/h2-5,8H,6H2,1H3,(H,12,15)(H,13,14). The molecular formula is C10H12N2O4. The van der Waals surface area contributed by atoms with Crippen LogP contribution in [0.25, 0.3) is 0 Å². The predicted molar refractivity (Wildman–Crippen MR) is 54.9 cm³/mol. The number of carboxylic acids is 1. The first kappa shape index (κ1) is 12.0. The third kappa shape index (κ3) is 3.56. The van der Waals surface area contributed by atoms with Gasteiger partial charge in [0.15, 0.2) is 0 Å². The molecule has 0 aromatic carbocycles. The molecule has 1 aromatic heterocycles. The summed E-state index contributed by atoms with van der Waals surface area (Å²) in [6.07, 6.45) is 2.55. The fourth-order valence-corrected chi connectivity index (χ4v) is 1.16. The van der Waals surface area contributed by atoms with Crippen LogP contribution in [-0.2, 0) is 16.0 Å². The van der Waals surface area contributed by atoms with E-state index in [9.17, 15) is 9.59 Å². The number of carbonyl (C=O) groups excluding carboxylic acids is 1. The molecule has 0 aliphatic heterocycles. The molecule has 1 rings (SSSR count). The number of hydrogen-bond donors (Lipinski definition) is 2. The highest BCUT2D eigenvalue weighted by molar-refractivity contribution is 5.80. The minimum Gasteiger partial charge on any atom is -0.480 e. The highest BCUT2D eigenvalue weighted by Crippen LogP contribution is 2.02. The third-order valence-corrected chi connectivity index (χ3v) is 1.96. The van der Waals surface area contributed by atoms with E-state index in [0.29, 0.717) is 0 Å². The van der Waals surface area contributed by atoms with Gasteiger partial charge in [0.1, 0.15) is 6.04 Å². The maximum atomic E-state index is 10.9. The molecule has 0 fully saturated rings. The number of nitrogens with zero attached hydrogens (tertiary/aromatic N) is 1. The summed E-state index contributed by atoms with van der Waals surface area (Å²) in [5.74, 6) is -1.11. The minimum absolute atomic E-state index is 0.187. The van der Waals surface area contributed by atoms with Crippen molar-refractivity contribution in [2.45, 2.75) is 12.5 Å². The number of aliphatic carboxylic acids is 1. The number of pyridine rings is 1. The molecule has 2 N–H and O–H groups in total. The Bertz CT molecular complexity index is 366. The number of carboxylic acid groups (broad SMARTS) is 1. The molecule has 1 aromatic rings. The number of alkyl carbamates (subject to hydrolysis) is 1. The third-order valence-electron chi connectivity index (χ3n) is 1.96. The fraction of sp³-hybridized carbons (Fsp3) is 0.300. The van der Waals surface area contributed by atoms with Gasteiger partial charge in [-0.25, -0.2) is 9.59 Å². The van der Waals surface area contributed by atoms with Crippen LogP contribution in [0, 0.1) is 0 Å². The zero-order valence-corrected chi connectivity index (χ0v) is 8.71. The van der Waals surface area contributed by atoms with E-state index in [1.807, 2.05) is 0 Å². The van der Waals surface area contributed by atoms with E-state index in [0.717, 1.165) is 5.56 Å². The number of ether oxygens (including phenoxy) is 1. The van der Waals surface area contributed by atoms with Crippen molar-refractivity contribution in [1.29, 1.82) is 0 Å². The topological polar surface area (TPSA) is 88.5 Å². The smallest absolute Gasteiger partial charge is 0.407 e. The molecule has 1 unspecified atom stereocenters. The lowest BCUT2D eigenvalue weighted by atomic mass is 10.1. The van der Waals surface area contributed by atoms with Crippen LogP contribution in [0.2, 0.25) is 0 Å². The van der Waals surface area contributed by atoms with Gasteiger partial charge < -0.3 is 15.2 Å². The van der Waals surface area contributed by atoms with Gasteiger partial charge >= 0.3 is 12.1 Å². The Morgan fingerprint density at radius 3 is 2.62 bits per heavy atom. The zero-order valence-electron chi connectivity index (χ0n) is 8.71. The van der Waals surface area contributed by atoms with Gasteiger partial charge in [-0.15, -0.1) is 0 Å². The average Bonchev–Trinajstić information content (AvgIpc) is 2.29. The summed E-state index contributed by atoms with van der Waals surface area (Å²) in [6, 6.07) is 2.37. The van der Waals surface area contributed by atoms with Crippen LogP contribution < -0.4 is 5.32 Å². The van der Waals surface area contributed by atoms with Crippen LogP contribution in [0.5, 0.6) is 0 Å². The van der Waals surface area contributed by atoms with Gasteiger partial charge in [0.2, 0.25) is 0 Å². The first-order chi connectivity index (χ1) is 7.63. The Kier molecular flexibility index (Phi) is 4.26. The molecule has 0 saturated heterocycles. The van der Waals surface area contributed by atoms with Crippen molar-refractivity contribution < 1.29 is 19.4 Å². The molecule has 16 heavy (non-hydrogen) atoms. The van der Waals surface area contributed by atoms with E-state index >= 15 is 0 Å². The second kappa shape index (κ2) is 5.69. The first-order valence-corrected chi connectivity index (χ1v) is 4.59. The number of nitrogens with one attached hydrogen (secondary N) is 1. The fourth-order valence-electron chi connectivity index (χ4n) is 1.16. The predicted octanol–water partition coefficient (Wildman–Crippen LogP) is 0.433. The normalized spacial score (nSPS) is 11.6. The van der Waals surface area contributed by atoms with Gasteiger partial charge in [-0.2, -0.15) is 0 Å². The molecule has 1 amide bonds. The number of methoxy groups -OCH3 is 1. The molecule has 1 atom stereocenters. The molecule has 0 bridgehead atoms. The lowest BCUT2D eigenvalue weighted by molar-refractivity contribution is -0.139. The van der Waals surface area contributed by atoms with Gasteiger partial charge in [-0.1, -0.05) is 0 Å². The lowest BCUT2D eigenvalue weighted by Crippen LogP contribution is -2.42. The molecule has 0 aliphatic carbocycles. The van der Waals surface area contributed by atoms with Crippen molar-refractivity contribution in [2.75, 3.05) is 7.11 Å². The quantitative estimate of drug-likeness (QED) is 0.774. The van der Waals surface area contributed by atoms with Crippen molar-refractivity contribution in [3.63, 3.8) is 0 Å². The Morgan fingerprint density at radius 1 is 1.50 bits per heavy atom. The second-order valence-corrected chi connectivity index (χ2v) is 3.09. The van der Waals surface area contributed by atoms with E-state index in [-0.39, 0.29) is 6.42 Å². The van der Waals surface area contributed by atoms with E-state index in [1.165, 1.54) is 7.11 Å². The molecule has 86 valence electrons. The van der Waals surface area contributed by atoms with Crippen LogP contribution >= 0.6 is 0 Å². The molecule has 0 aliphatic rings. The summed E-state index contributed by atoms with van der Waals surface area (Å²) in [6.45, 7) is 0. The number of amides is 1. The summed E-state index contributed by atoms with van der Waals surface area (Å²) in [4.78, 5) is 25.6. The summed E-state index contributed by atoms with van der Waals surface area (Å²) in [7, 11) is 1.18. The van der Waals surface area contributed by atoms with Gasteiger partial charge in [0, 0.05) is 18.8 Å². The van der Waals surface area contributed by atoms with E-state index < -0.39 is 18.1 Å². The average molecular weight is 224 g/mol. The molecule has 0 saturated carbocycles. The number of aromatic nitrogens is 1. The van der Waals surface area contributed by atoms with Crippen LogP contribution in [0.3, 0.4) is 0 Å². The first-order valence-electron chi connectivity index (χ1n) is 4.59. The largest absolute Gasteiger partial charge is 0.480 e. The van der Waals surface area contributed by atoms with Crippen LogP contribution in [0.4, 0.5) is 4.79 Å². The van der Waals surface area contributed by atoms with Crippen molar-refractivity contribution in [3.05, 3.63) is 30.1 Å². The summed E-state index contributed by atoms with van der Waals surface area (Å²) in [5, 5.41) is 11.1.